The molecule has 0 unspecified atom stereocenters. The summed E-state index contributed by atoms with van der Waals surface area (Å²) >= 11 is 3.00. The Labute approximate surface area is 111 Å². The summed E-state index contributed by atoms with van der Waals surface area (Å²) in [4.78, 5) is 11.7. The molecule has 0 aliphatic rings. The lowest BCUT2D eigenvalue weighted by molar-refractivity contribution is 0.102. The highest BCUT2D eigenvalue weighted by Gasteiger charge is 2.11. The van der Waals surface area contributed by atoms with Crippen molar-refractivity contribution in [3.8, 4) is 0 Å². The summed E-state index contributed by atoms with van der Waals surface area (Å²) in [6.45, 7) is 0. The molecule has 0 heterocycles. The molecule has 2 rings (SSSR count). The zero-order valence-corrected chi connectivity index (χ0v) is 10.7. The zero-order chi connectivity index (χ0) is 13.1. The Bertz CT molecular complexity index is 601. The van der Waals surface area contributed by atoms with Crippen molar-refractivity contribution < 1.29 is 13.6 Å². The van der Waals surface area contributed by atoms with E-state index in [0.717, 1.165) is 6.07 Å². The lowest BCUT2D eigenvalue weighted by Gasteiger charge is -2.06. The van der Waals surface area contributed by atoms with Gasteiger partial charge in [-0.15, -0.1) is 0 Å². The number of rotatable bonds is 2. The summed E-state index contributed by atoms with van der Waals surface area (Å²) in [6.07, 6.45) is 0. The maximum absolute atomic E-state index is 13.3. The number of halogens is 3. The maximum Gasteiger partial charge on any atom is 0.258 e. The normalized spacial score (nSPS) is 10.2. The molecule has 0 spiro atoms. The van der Waals surface area contributed by atoms with E-state index in [9.17, 15) is 13.6 Å². The minimum atomic E-state index is -0.618. The fraction of sp³-hybridized carbons (Fsp3) is 0. The van der Waals surface area contributed by atoms with Crippen LogP contribution >= 0.6 is 15.9 Å². The Morgan fingerprint density at radius 2 is 1.78 bits per heavy atom. The average Bonchev–Trinajstić information content (AvgIpc) is 2.34. The number of carbonyl (C=O) groups excluding carboxylic acids is 1. The van der Waals surface area contributed by atoms with E-state index < -0.39 is 17.5 Å². The summed E-state index contributed by atoms with van der Waals surface area (Å²) in [7, 11) is 0. The molecule has 0 bridgehead atoms. The Morgan fingerprint density at radius 3 is 2.44 bits per heavy atom. The van der Waals surface area contributed by atoms with Crippen molar-refractivity contribution in [2.45, 2.75) is 0 Å². The molecule has 2 nitrogen and oxygen atoms in total. The molecular formula is C13H8BrF2NO. The van der Waals surface area contributed by atoms with Crippen LogP contribution in [0.2, 0.25) is 0 Å². The van der Waals surface area contributed by atoms with Crippen molar-refractivity contribution in [1.82, 2.24) is 0 Å². The molecule has 0 aliphatic carbocycles. The van der Waals surface area contributed by atoms with Gasteiger partial charge >= 0.3 is 0 Å². The fourth-order valence-corrected chi connectivity index (χ4v) is 1.66. The molecule has 0 atom stereocenters. The Morgan fingerprint density at radius 1 is 1.06 bits per heavy atom. The predicted molar refractivity (Wildman–Crippen MR) is 68.5 cm³/mol. The summed E-state index contributed by atoms with van der Waals surface area (Å²) < 4.78 is 26.9. The van der Waals surface area contributed by atoms with Crippen LogP contribution in [0.5, 0.6) is 0 Å². The molecule has 18 heavy (non-hydrogen) atoms. The molecule has 1 N–H and O–H groups in total. The first-order chi connectivity index (χ1) is 8.58. The van der Waals surface area contributed by atoms with E-state index in [1.807, 2.05) is 0 Å². The molecule has 0 aromatic heterocycles. The van der Waals surface area contributed by atoms with E-state index in [-0.39, 0.29) is 11.3 Å². The topological polar surface area (TPSA) is 29.1 Å². The van der Waals surface area contributed by atoms with Crippen LogP contribution in [0.3, 0.4) is 0 Å². The predicted octanol–water partition coefficient (Wildman–Crippen LogP) is 3.98. The van der Waals surface area contributed by atoms with Crippen molar-refractivity contribution >= 4 is 27.5 Å². The van der Waals surface area contributed by atoms with Gasteiger partial charge in [0.2, 0.25) is 0 Å². The number of hydrogen-bond donors (Lipinski definition) is 1. The smallest absolute Gasteiger partial charge is 0.258 e. The van der Waals surface area contributed by atoms with Gasteiger partial charge in [-0.05, 0) is 46.3 Å². The van der Waals surface area contributed by atoms with Gasteiger partial charge in [0.05, 0.1) is 10.0 Å². The third kappa shape index (κ3) is 2.73. The van der Waals surface area contributed by atoms with Crippen molar-refractivity contribution in [3.05, 3.63) is 64.1 Å². The largest absolute Gasteiger partial charge is 0.322 e. The third-order valence-corrected chi connectivity index (χ3v) is 2.94. The van der Waals surface area contributed by atoms with Gasteiger partial charge in [-0.25, -0.2) is 8.78 Å². The molecule has 1 amide bonds. The van der Waals surface area contributed by atoms with E-state index in [4.69, 9.17) is 0 Å². The van der Waals surface area contributed by atoms with Gasteiger partial charge in [0, 0.05) is 5.69 Å². The Hall–Kier alpha value is -1.75. The molecular weight excluding hydrogens is 304 g/mol. The standard InChI is InChI=1S/C13H8BrF2NO/c14-10-6-5-8(7-12(10)16)17-13(18)9-3-1-2-4-11(9)15/h1-7H,(H,17,18). The first-order valence-electron chi connectivity index (χ1n) is 5.09. The van der Waals surface area contributed by atoms with Gasteiger partial charge < -0.3 is 5.32 Å². The second kappa shape index (κ2) is 5.27. The lowest BCUT2D eigenvalue weighted by atomic mass is 10.2. The average molecular weight is 312 g/mol. The summed E-state index contributed by atoms with van der Waals surface area (Å²) in [5.74, 6) is -1.73. The van der Waals surface area contributed by atoms with Gasteiger partial charge in [-0.2, -0.15) is 0 Å². The third-order valence-electron chi connectivity index (χ3n) is 2.30. The summed E-state index contributed by atoms with van der Waals surface area (Å²) in [5.41, 5.74) is 0.185. The molecule has 92 valence electrons. The monoisotopic (exact) mass is 311 g/mol. The van der Waals surface area contributed by atoms with Gasteiger partial charge in [-0.3, -0.25) is 4.79 Å². The van der Waals surface area contributed by atoms with E-state index in [1.165, 1.54) is 30.3 Å². The number of amides is 1. The van der Waals surface area contributed by atoms with Crippen LogP contribution in [0.25, 0.3) is 0 Å². The molecule has 0 saturated heterocycles. The molecule has 5 heteroatoms. The van der Waals surface area contributed by atoms with Gasteiger partial charge in [0.1, 0.15) is 11.6 Å². The van der Waals surface area contributed by atoms with Crippen LogP contribution in [0.1, 0.15) is 10.4 Å². The van der Waals surface area contributed by atoms with Crippen molar-refractivity contribution in [2.24, 2.45) is 0 Å². The maximum atomic E-state index is 13.3. The quantitative estimate of drug-likeness (QED) is 0.893. The number of nitrogens with one attached hydrogen (secondary N) is 1. The van der Waals surface area contributed by atoms with Crippen LogP contribution in [0.4, 0.5) is 14.5 Å². The zero-order valence-electron chi connectivity index (χ0n) is 9.08. The van der Waals surface area contributed by atoms with E-state index in [0.29, 0.717) is 4.47 Å². The molecule has 2 aromatic carbocycles. The van der Waals surface area contributed by atoms with Crippen LogP contribution in [-0.4, -0.2) is 5.91 Å². The van der Waals surface area contributed by atoms with Crippen LogP contribution in [0, 0.1) is 11.6 Å². The Balaban J connectivity index is 2.22. The highest BCUT2D eigenvalue weighted by molar-refractivity contribution is 9.10. The Kier molecular flexibility index (Phi) is 3.72. The number of carbonyl (C=O) groups is 1. The lowest BCUT2D eigenvalue weighted by Crippen LogP contribution is -2.13. The van der Waals surface area contributed by atoms with Crippen molar-refractivity contribution in [1.29, 1.82) is 0 Å². The van der Waals surface area contributed by atoms with Gasteiger partial charge in [-0.1, -0.05) is 12.1 Å². The van der Waals surface area contributed by atoms with Crippen LogP contribution < -0.4 is 5.32 Å². The molecule has 0 aliphatic heterocycles. The second-order valence-electron chi connectivity index (χ2n) is 3.56. The molecule has 2 aromatic rings. The van der Waals surface area contributed by atoms with E-state index in [2.05, 4.69) is 21.2 Å². The van der Waals surface area contributed by atoms with E-state index in [1.54, 1.807) is 6.07 Å². The summed E-state index contributed by atoms with van der Waals surface area (Å²) in [5, 5.41) is 2.43. The second-order valence-corrected chi connectivity index (χ2v) is 4.42. The van der Waals surface area contributed by atoms with Crippen molar-refractivity contribution in [3.63, 3.8) is 0 Å². The van der Waals surface area contributed by atoms with Gasteiger partial charge in [0.15, 0.2) is 0 Å². The molecule has 0 fully saturated rings. The van der Waals surface area contributed by atoms with Crippen molar-refractivity contribution in [2.75, 3.05) is 5.32 Å². The van der Waals surface area contributed by atoms with E-state index >= 15 is 0 Å². The SMILES string of the molecule is O=C(Nc1ccc(Br)c(F)c1)c1ccccc1F. The number of hydrogen-bond acceptors (Lipinski definition) is 1. The first-order valence-corrected chi connectivity index (χ1v) is 5.88. The number of benzene rings is 2. The number of anilines is 1. The highest BCUT2D eigenvalue weighted by Crippen LogP contribution is 2.20. The first kappa shape index (κ1) is 12.7. The molecule has 0 saturated carbocycles. The molecule has 0 radical (unpaired) electrons. The minimum absolute atomic E-state index is 0.0826. The van der Waals surface area contributed by atoms with Gasteiger partial charge in [0.25, 0.3) is 5.91 Å². The minimum Gasteiger partial charge on any atom is -0.322 e. The summed E-state index contributed by atoms with van der Waals surface area (Å²) in [6, 6.07) is 9.74. The van der Waals surface area contributed by atoms with Crippen LogP contribution in [0.15, 0.2) is 46.9 Å². The fourth-order valence-electron chi connectivity index (χ4n) is 1.42. The van der Waals surface area contributed by atoms with Crippen LogP contribution in [-0.2, 0) is 0 Å². The highest BCUT2D eigenvalue weighted by atomic mass is 79.9.